The minimum Gasteiger partial charge on any atom is -0.428 e. The highest BCUT2D eigenvalue weighted by atomic mass is 35.5. The summed E-state index contributed by atoms with van der Waals surface area (Å²) < 4.78 is 28.1. The quantitative estimate of drug-likeness (QED) is 0.741. The lowest BCUT2D eigenvalue weighted by atomic mass is 10.2. The van der Waals surface area contributed by atoms with Gasteiger partial charge in [-0.05, 0) is 36.4 Å². The largest absolute Gasteiger partial charge is 0.428 e. The molecule has 0 atom stereocenters. The van der Waals surface area contributed by atoms with Crippen LogP contribution in [0.3, 0.4) is 0 Å². The fourth-order valence-corrected chi connectivity index (χ4v) is 3.01. The number of aromatic nitrogens is 1. The molecule has 0 unspecified atom stereocenters. The van der Waals surface area contributed by atoms with Gasteiger partial charge in [0.1, 0.15) is 5.52 Å². The topological polar surface area (TPSA) is 89.3 Å². The van der Waals surface area contributed by atoms with Crippen molar-refractivity contribution in [1.82, 2.24) is 4.98 Å². The maximum Gasteiger partial charge on any atom is 0.315 e. The van der Waals surface area contributed by atoms with Crippen molar-refractivity contribution in [2.45, 2.75) is 5.22 Å². The number of sulfone groups is 1. The van der Waals surface area contributed by atoms with Crippen molar-refractivity contribution in [3.05, 3.63) is 52.0 Å². The highest BCUT2D eigenvalue weighted by Gasteiger charge is 2.17. The molecule has 1 heterocycles. The van der Waals surface area contributed by atoms with Gasteiger partial charge in [-0.2, -0.15) is 4.98 Å². The van der Waals surface area contributed by atoms with Gasteiger partial charge < -0.3 is 9.73 Å². The molecule has 0 spiro atoms. The zero-order valence-corrected chi connectivity index (χ0v) is 14.5. The van der Waals surface area contributed by atoms with Crippen LogP contribution in [0, 0.1) is 0 Å². The van der Waals surface area contributed by atoms with E-state index in [1.54, 1.807) is 12.1 Å². The third-order valence-electron chi connectivity index (χ3n) is 3.12. The smallest absolute Gasteiger partial charge is 0.315 e. The average molecular weight is 385 g/mol. The van der Waals surface area contributed by atoms with Gasteiger partial charge in [-0.1, -0.05) is 23.2 Å². The average Bonchev–Trinajstić information content (AvgIpc) is 2.90. The Kier molecular flexibility index (Phi) is 4.25. The number of benzene rings is 2. The highest BCUT2D eigenvalue weighted by Crippen LogP contribution is 2.25. The number of rotatable bonds is 3. The second kappa shape index (κ2) is 6.08. The Morgan fingerprint density at radius 3 is 2.58 bits per heavy atom. The predicted octanol–water partition coefficient (Wildman–Crippen LogP) is 3.79. The van der Waals surface area contributed by atoms with Crippen LogP contribution >= 0.6 is 23.2 Å². The lowest BCUT2D eigenvalue weighted by Crippen LogP contribution is -2.12. The summed E-state index contributed by atoms with van der Waals surface area (Å²) in [6.45, 7) is 0. The zero-order valence-electron chi connectivity index (χ0n) is 12.2. The summed E-state index contributed by atoms with van der Waals surface area (Å²) in [5.41, 5.74) is 1.30. The van der Waals surface area contributed by atoms with E-state index in [-0.39, 0.29) is 15.8 Å². The molecule has 1 aromatic heterocycles. The Hall–Kier alpha value is -2.09. The first kappa shape index (κ1) is 16.8. The molecule has 0 radical (unpaired) electrons. The van der Waals surface area contributed by atoms with E-state index < -0.39 is 15.7 Å². The summed E-state index contributed by atoms with van der Waals surface area (Å²) in [4.78, 5) is 16.2. The Bertz CT molecular complexity index is 1060. The van der Waals surface area contributed by atoms with Crippen molar-refractivity contribution in [1.29, 1.82) is 0 Å². The fraction of sp³-hybridized carbons (Fsp3) is 0.0667. The SMILES string of the molecule is CS(=O)(=O)c1nc2cc(NC(=O)c3ccc(Cl)cc3Cl)ccc2o1. The third kappa shape index (κ3) is 3.38. The normalized spacial score (nSPS) is 11.6. The van der Waals surface area contributed by atoms with Crippen molar-refractivity contribution in [3.8, 4) is 0 Å². The molecular formula is C15H10Cl2N2O4S. The van der Waals surface area contributed by atoms with E-state index in [2.05, 4.69) is 10.3 Å². The molecule has 1 amide bonds. The number of amides is 1. The number of nitrogens with zero attached hydrogens (tertiary/aromatic N) is 1. The van der Waals surface area contributed by atoms with Crippen LogP contribution < -0.4 is 5.32 Å². The maximum atomic E-state index is 12.3. The number of carbonyl (C=O) groups is 1. The number of oxazole rings is 1. The summed E-state index contributed by atoms with van der Waals surface area (Å²) in [6, 6.07) is 9.14. The molecular weight excluding hydrogens is 375 g/mol. The molecule has 9 heteroatoms. The molecule has 0 aliphatic rings. The van der Waals surface area contributed by atoms with E-state index in [1.807, 2.05) is 0 Å². The van der Waals surface area contributed by atoms with E-state index in [0.29, 0.717) is 21.8 Å². The number of fused-ring (bicyclic) bond motifs is 1. The van der Waals surface area contributed by atoms with Crippen LogP contribution in [-0.2, 0) is 9.84 Å². The minimum atomic E-state index is -3.55. The van der Waals surface area contributed by atoms with E-state index in [1.165, 1.54) is 24.3 Å². The number of hydrogen-bond donors (Lipinski definition) is 1. The Balaban J connectivity index is 1.91. The van der Waals surface area contributed by atoms with Crippen LogP contribution in [0.5, 0.6) is 0 Å². The molecule has 2 aromatic carbocycles. The van der Waals surface area contributed by atoms with Crippen LogP contribution in [0.1, 0.15) is 10.4 Å². The molecule has 124 valence electrons. The van der Waals surface area contributed by atoms with Crippen molar-refractivity contribution in [2.24, 2.45) is 0 Å². The van der Waals surface area contributed by atoms with Crippen molar-refractivity contribution < 1.29 is 17.6 Å². The summed E-state index contributed by atoms with van der Waals surface area (Å²) in [7, 11) is -3.55. The molecule has 3 aromatic rings. The van der Waals surface area contributed by atoms with Crippen LogP contribution in [0.4, 0.5) is 5.69 Å². The Morgan fingerprint density at radius 2 is 1.92 bits per heavy atom. The Labute approximate surface area is 147 Å². The second-order valence-electron chi connectivity index (χ2n) is 5.01. The first-order chi connectivity index (χ1) is 11.2. The van der Waals surface area contributed by atoms with Gasteiger partial charge in [-0.25, -0.2) is 8.42 Å². The molecule has 1 N–H and O–H groups in total. The van der Waals surface area contributed by atoms with Crippen LogP contribution in [0.2, 0.25) is 10.0 Å². The van der Waals surface area contributed by atoms with Crippen LogP contribution in [-0.4, -0.2) is 25.6 Å². The lowest BCUT2D eigenvalue weighted by Gasteiger charge is -2.06. The number of anilines is 1. The van der Waals surface area contributed by atoms with Crippen LogP contribution in [0.15, 0.2) is 46.0 Å². The van der Waals surface area contributed by atoms with Gasteiger partial charge in [0.05, 0.1) is 10.6 Å². The molecule has 0 aliphatic heterocycles. The van der Waals surface area contributed by atoms with E-state index in [4.69, 9.17) is 27.6 Å². The van der Waals surface area contributed by atoms with E-state index in [0.717, 1.165) is 6.26 Å². The van der Waals surface area contributed by atoms with Crippen LogP contribution in [0.25, 0.3) is 11.1 Å². The van der Waals surface area contributed by atoms with E-state index >= 15 is 0 Å². The number of halogens is 2. The first-order valence-corrected chi connectivity index (χ1v) is 9.26. The third-order valence-corrected chi connectivity index (χ3v) is 4.48. The standard InChI is InChI=1S/C15H10Cl2N2O4S/c1-24(21,22)15-19-12-7-9(3-5-13(12)23-15)18-14(20)10-4-2-8(16)6-11(10)17/h2-7H,1H3,(H,18,20). The summed E-state index contributed by atoms with van der Waals surface area (Å²) in [6.07, 6.45) is 1.00. The number of hydrogen-bond acceptors (Lipinski definition) is 5. The van der Waals surface area contributed by atoms with Gasteiger partial charge in [0.15, 0.2) is 5.58 Å². The first-order valence-electron chi connectivity index (χ1n) is 6.61. The summed E-state index contributed by atoms with van der Waals surface area (Å²) in [5, 5.41) is 2.94. The fourth-order valence-electron chi connectivity index (χ4n) is 2.01. The maximum absolute atomic E-state index is 12.3. The van der Waals surface area contributed by atoms with Gasteiger partial charge in [0.25, 0.3) is 5.91 Å². The second-order valence-corrected chi connectivity index (χ2v) is 7.75. The Morgan fingerprint density at radius 1 is 1.17 bits per heavy atom. The molecule has 0 saturated heterocycles. The molecule has 0 aliphatic carbocycles. The predicted molar refractivity (Wildman–Crippen MR) is 91.5 cm³/mol. The zero-order chi connectivity index (χ0) is 17.5. The molecule has 6 nitrogen and oxygen atoms in total. The molecule has 0 bridgehead atoms. The monoisotopic (exact) mass is 384 g/mol. The van der Waals surface area contributed by atoms with Gasteiger partial charge in [-0.3, -0.25) is 4.79 Å². The molecule has 3 rings (SSSR count). The number of carbonyl (C=O) groups excluding carboxylic acids is 1. The molecule has 0 saturated carbocycles. The van der Waals surface area contributed by atoms with Gasteiger partial charge >= 0.3 is 5.22 Å². The molecule has 24 heavy (non-hydrogen) atoms. The van der Waals surface area contributed by atoms with Crippen molar-refractivity contribution >= 4 is 55.7 Å². The van der Waals surface area contributed by atoms with E-state index in [9.17, 15) is 13.2 Å². The highest BCUT2D eigenvalue weighted by molar-refractivity contribution is 7.90. The minimum absolute atomic E-state index is 0.224. The van der Waals surface area contributed by atoms with Gasteiger partial charge in [-0.15, -0.1) is 0 Å². The summed E-state index contributed by atoms with van der Waals surface area (Å²) >= 11 is 11.8. The van der Waals surface area contributed by atoms with Gasteiger partial charge in [0.2, 0.25) is 9.84 Å². The van der Waals surface area contributed by atoms with Gasteiger partial charge in [0, 0.05) is 17.0 Å². The lowest BCUT2D eigenvalue weighted by molar-refractivity contribution is 0.102. The van der Waals surface area contributed by atoms with Crippen molar-refractivity contribution in [3.63, 3.8) is 0 Å². The number of nitrogens with one attached hydrogen (secondary N) is 1. The summed E-state index contributed by atoms with van der Waals surface area (Å²) in [5.74, 6) is -0.428. The molecule has 0 fully saturated rings. The van der Waals surface area contributed by atoms with Crippen molar-refractivity contribution in [2.75, 3.05) is 11.6 Å².